The Morgan fingerprint density at radius 1 is 1.53 bits per heavy atom. The highest BCUT2D eigenvalue weighted by Crippen LogP contribution is 2.36. The van der Waals surface area contributed by atoms with Crippen LogP contribution in [0.1, 0.15) is 31.4 Å². The van der Waals surface area contributed by atoms with Gasteiger partial charge in [-0.05, 0) is 31.7 Å². The third-order valence-electron chi connectivity index (χ3n) is 2.94. The van der Waals surface area contributed by atoms with Crippen LogP contribution in [0.25, 0.3) is 0 Å². The molecule has 1 aliphatic rings. The lowest BCUT2D eigenvalue weighted by molar-refractivity contribution is 0.148. The maximum absolute atomic E-state index is 5.91. The van der Waals surface area contributed by atoms with Gasteiger partial charge in [0, 0.05) is 22.5 Å². The molecule has 0 saturated carbocycles. The molecule has 0 aliphatic carbocycles. The van der Waals surface area contributed by atoms with Crippen molar-refractivity contribution in [3.63, 3.8) is 0 Å². The lowest BCUT2D eigenvalue weighted by Crippen LogP contribution is -2.30. The van der Waals surface area contributed by atoms with Gasteiger partial charge in [-0.1, -0.05) is 22.9 Å². The summed E-state index contributed by atoms with van der Waals surface area (Å²) in [4.78, 5) is 0. The second kappa shape index (κ2) is 4.54. The molecule has 2 unspecified atom stereocenters. The Hall–Kier alpha value is -0.540. The normalized spacial score (nSPS) is 24.5. The van der Waals surface area contributed by atoms with Gasteiger partial charge < -0.3 is 10.1 Å². The lowest BCUT2D eigenvalue weighted by atomic mass is 9.95. The minimum Gasteiger partial charge on any atom is -0.490 e. The average molecular weight is 270 g/mol. The number of hydrogen-bond donors (Lipinski definition) is 1. The first-order valence-corrected chi connectivity index (χ1v) is 6.17. The zero-order valence-corrected chi connectivity index (χ0v) is 10.7. The minimum absolute atomic E-state index is 0.344. The van der Waals surface area contributed by atoms with E-state index in [0.29, 0.717) is 12.1 Å². The highest BCUT2D eigenvalue weighted by atomic mass is 79.9. The van der Waals surface area contributed by atoms with E-state index < -0.39 is 0 Å². The summed E-state index contributed by atoms with van der Waals surface area (Å²) < 4.78 is 7.02. The summed E-state index contributed by atoms with van der Waals surface area (Å²) in [6.07, 6.45) is 2.46. The highest BCUT2D eigenvalue weighted by molar-refractivity contribution is 9.10. The average Bonchev–Trinajstić information content (AvgIpc) is 2.27. The van der Waals surface area contributed by atoms with Gasteiger partial charge in [-0.15, -0.1) is 0 Å². The molecule has 2 rings (SSSR count). The Bertz CT molecular complexity index is 353. The summed E-state index contributed by atoms with van der Waals surface area (Å²) in [6, 6.07) is 6.63. The molecule has 0 aromatic heterocycles. The fraction of sp³-hybridized carbons (Fsp3) is 0.500. The number of hydrogen-bond acceptors (Lipinski definition) is 2. The first-order chi connectivity index (χ1) is 7.24. The van der Waals surface area contributed by atoms with Gasteiger partial charge in [-0.25, -0.2) is 0 Å². The number of fused-ring (bicyclic) bond motifs is 1. The molecular formula is C12H16BrNO. The number of nitrogens with one attached hydrogen (secondary N) is 1. The van der Waals surface area contributed by atoms with Gasteiger partial charge in [0.25, 0.3) is 0 Å². The fourth-order valence-corrected chi connectivity index (χ4v) is 2.42. The summed E-state index contributed by atoms with van der Waals surface area (Å²) >= 11 is 3.50. The third-order valence-corrected chi connectivity index (χ3v) is 3.44. The van der Waals surface area contributed by atoms with Crippen molar-refractivity contribution in [2.24, 2.45) is 0 Å². The van der Waals surface area contributed by atoms with E-state index in [-0.39, 0.29) is 0 Å². The van der Waals surface area contributed by atoms with Crippen molar-refractivity contribution in [2.45, 2.75) is 31.9 Å². The molecule has 82 valence electrons. The van der Waals surface area contributed by atoms with E-state index in [1.54, 1.807) is 0 Å². The van der Waals surface area contributed by atoms with E-state index >= 15 is 0 Å². The van der Waals surface area contributed by atoms with Crippen molar-refractivity contribution in [1.82, 2.24) is 5.32 Å². The van der Waals surface area contributed by atoms with Crippen LogP contribution >= 0.6 is 15.9 Å². The molecule has 15 heavy (non-hydrogen) atoms. The van der Waals surface area contributed by atoms with Crippen LogP contribution < -0.4 is 10.1 Å². The first kappa shape index (κ1) is 11.0. The second-order valence-electron chi connectivity index (χ2n) is 3.91. The van der Waals surface area contributed by atoms with Crippen LogP contribution in [-0.4, -0.2) is 13.2 Å². The van der Waals surface area contributed by atoms with Crippen LogP contribution in [0, 0.1) is 0 Å². The molecule has 2 atom stereocenters. The molecule has 1 heterocycles. The molecule has 0 fully saturated rings. The van der Waals surface area contributed by atoms with Crippen molar-refractivity contribution in [3.8, 4) is 5.75 Å². The van der Waals surface area contributed by atoms with Crippen LogP contribution in [-0.2, 0) is 0 Å². The summed E-state index contributed by atoms with van der Waals surface area (Å²) in [5.41, 5.74) is 1.26. The number of ether oxygens (including phenoxy) is 1. The van der Waals surface area contributed by atoms with Crippen molar-refractivity contribution < 1.29 is 4.74 Å². The Balaban J connectivity index is 2.35. The van der Waals surface area contributed by atoms with Crippen molar-refractivity contribution in [2.75, 3.05) is 7.05 Å². The Morgan fingerprint density at radius 2 is 2.33 bits per heavy atom. The Morgan fingerprint density at radius 3 is 3.00 bits per heavy atom. The molecule has 2 nitrogen and oxygen atoms in total. The molecule has 0 amide bonds. The lowest BCUT2D eigenvalue weighted by Gasteiger charge is -2.31. The molecule has 0 saturated heterocycles. The van der Waals surface area contributed by atoms with Gasteiger partial charge in [0.05, 0.1) is 0 Å². The molecule has 0 radical (unpaired) electrons. The summed E-state index contributed by atoms with van der Waals surface area (Å²) in [7, 11) is 2.01. The molecule has 3 heteroatoms. The summed E-state index contributed by atoms with van der Waals surface area (Å²) in [5.74, 6) is 1.02. The molecule has 1 aliphatic heterocycles. The third kappa shape index (κ3) is 2.18. The van der Waals surface area contributed by atoms with E-state index in [4.69, 9.17) is 4.74 Å². The largest absolute Gasteiger partial charge is 0.490 e. The van der Waals surface area contributed by atoms with Gasteiger partial charge in [-0.2, -0.15) is 0 Å². The van der Waals surface area contributed by atoms with Crippen molar-refractivity contribution >= 4 is 15.9 Å². The Labute approximate surface area is 99.1 Å². The van der Waals surface area contributed by atoms with E-state index in [1.807, 2.05) is 19.2 Å². The smallest absolute Gasteiger partial charge is 0.124 e. The van der Waals surface area contributed by atoms with E-state index in [0.717, 1.165) is 23.1 Å². The molecule has 1 aromatic rings. The fourth-order valence-electron chi connectivity index (χ4n) is 2.04. The molecular weight excluding hydrogens is 254 g/mol. The van der Waals surface area contributed by atoms with Crippen LogP contribution in [0.3, 0.4) is 0 Å². The number of benzene rings is 1. The topological polar surface area (TPSA) is 21.3 Å². The molecule has 0 bridgehead atoms. The van der Waals surface area contributed by atoms with Crippen LogP contribution in [0.2, 0.25) is 0 Å². The Kier molecular flexibility index (Phi) is 3.32. The standard InChI is InChI=1S/C12H16BrNO/c1-3-9-7-11(14-2)10-6-8(13)4-5-12(10)15-9/h4-6,9,11,14H,3,7H2,1-2H3. The predicted molar refractivity (Wildman–Crippen MR) is 65.3 cm³/mol. The van der Waals surface area contributed by atoms with Crippen LogP contribution in [0.5, 0.6) is 5.75 Å². The monoisotopic (exact) mass is 269 g/mol. The zero-order valence-electron chi connectivity index (χ0n) is 9.09. The van der Waals surface area contributed by atoms with Crippen LogP contribution in [0.15, 0.2) is 22.7 Å². The SMILES string of the molecule is CCC1CC(NC)c2cc(Br)ccc2O1. The first-order valence-electron chi connectivity index (χ1n) is 5.38. The zero-order chi connectivity index (χ0) is 10.8. The second-order valence-corrected chi connectivity index (χ2v) is 4.82. The van der Waals surface area contributed by atoms with Gasteiger partial charge in [0.1, 0.15) is 11.9 Å². The van der Waals surface area contributed by atoms with Gasteiger partial charge in [-0.3, -0.25) is 0 Å². The van der Waals surface area contributed by atoms with E-state index in [1.165, 1.54) is 5.56 Å². The molecule has 1 N–H and O–H groups in total. The van der Waals surface area contributed by atoms with E-state index in [2.05, 4.69) is 34.2 Å². The minimum atomic E-state index is 0.344. The van der Waals surface area contributed by atoms with Gasteiger partial charge >= 0.3 is 0 Å². The maximum atomic E-state index is 5.91. The van der Waals surface area contributed by atoms with Crippen molar-refractivity contribution in [3.05, 3.63) is 28.2 Å². The quantitative estimate of drug-likeness (QED) is 0.890. The number of rotatable bonds is 2. The van der Waals surface area contributed by atoms with Gasteiger partial charge in [0.15, 0.2) is 0 Å². The van der Waals surface area contributed by atoms with Crippen molar-refractivity contribution in [1.29, 1.82) is 0 Å². The maximum Gasteiger partial charge on any atom is 0.124 e. The van der Waals surface area contributed by atoms with E-state index in [9.17, 15) is 0 Å². The predicted octanol–water partition coefficient (Wildman–Crippen LogP) is 3.27. The molecule has 1 aromatic carbocycles. The van der Waals surface area contributed by atoms with Crippen LogP contribution in [0.4, 0.5) is 0 Å². The molecule has 0 spiro atoms. The summed E-state index contributed by atoms with van der Waals surface area (Å²) in [5, 5.41) is 3.35. The summed E-state index contributed by atoms with van der Waals surface area (Å²) in [6.45, 7) is 2.17. The van der Waals surface area contributed by atoms with Gasteiger partial charge in [0.2, 0.25) is 0 Å². The number of halogens is 1. The highest BCUT2D eigenvalue weighted by Gasteiger charge is 2.26.